The molecule has 7 heteroatoms. The second-order valence-corrected chi connectivity index (χ2v) is 7.78. The van der Waals surface area contributed by atoms with Gasteiger partial charge in [-0.25, -0.2) is 14.8 Å². The average molecular weight is 372 g/mol. The van der Waals surface area contributed by atoms with Gasteiger partial charge in [-0.05, 0) is 31.5 Å². The molecule has 0 fully saturated rings. The molecule has 6 nitrogen and oxygen atoms in total. The molecule has 1 aromatic carbocycles. The predicted octanol–water partition coefficient (Wildman–Crippen LogP) is 4.66. The van der Waals surface area contributed by atoms with Crippen molar-refractivity contribution in [1.29, 1.82) is 0 Å². The molecule has 0 aliphatic carbocycles. The number of carbonyl (C=O) groups is 1. The summed E-state index contributed by atoms with van der Waals surface area (Å²) in [5, 5.41) is 6.89. The zero-order valence-electron chi connectivity index (χ0n) is 15.7. The first-order chi connectivity index (χ1) is 12.5. The maximum absolute atomic E-state index is 12.2. The number of hydrogen-bond acceptors (Lipinski definition) is 4. The fourth-order valence-corrected chi connectivity index (χ4v) is 3.77. The third-order valence-electron chi connectivity index (χ3n) is 4.16. The number of nitrogens with one attached hydrogen (secondary N) is 2. The lowest BCUT2D eigenvalue weighted by Crippen LogP contribution is -2.28. The third-order valence-corrected chi connectivity index (χ3v) is 5.61. The summed E-state index contributed by atoms with van der Waals surface area (Å²) in [7, 11) is 0. The molecule has 2 aromatic heterocycles. The number of thiazole rings is 1. The van der Waals surface area contributed by atoms with Gasteiger partial charge in [0.25, 0.3) is 0 Å². The number of aromatic nitrogens is 3. The van der Waals surface area contributed by atoms with Crippen molar-refractivity contribution >= 4 is 34.1 Å². The summed E-state index contributed by atoms with van der Waals surface area (Å²) in [6.45, 7) is 9.80. The number of fused-ring (bicyclic) bond motifs is 1. The molecule has 0 saturated carbocycles. The molecule has 3 rings (SSSR count). The van der Waals surface area contributed by atoms with Crippen LogP contribution in [0.5, 0.6) is 0 Å². The van der Waals surface area contributed by atoms with Crippen molar-refractivity contribution in [2.75, 3.05) is 5.32 Å². The minimum absolute atomic E-state index is 0.226. The Bertz CT molecular complexity index is 912. The summed E-state index contributed by atoms with van der Waals surface area (Å²) in [5.74, 6) is 0.403. The van der Waals surface area contributed by atoms with Gasteiger partial charge in [0.2, 0.25) is 0 Å². The average Bonchev–Trinajstić information content (AvgIpc) is 3.17. The molecule has 138 valence electrons. The summed E-state index contributed by atoms with van der Waals surface area (Å²) >= 11 is 1.66. The maximum Gasteiger partial charge on any atom is 0.319 e. The monoisotopic (exact) mass is 371 g/mol. The van der Waals surface area contributed by atoms with Crippen molar-refractivity contribution in [3.05, 3.63) is 40.1 Å². The van der Waals surface area contributed by atoms with E-state index in [4.69, 9.17) is 0 Å². The number of imidazole rings is 1. The van der Waals surface area contributed by atoms with Crippen LogP contribution in [0.1, 0.15) is 48.7 Å². The minimum Gasteiger partial charge on any atom is -0.333 e. The number of carbonyl (C=O) groups excluding carboxylic acids is 1. The Morgan fingerprint density at radius 2 is 2.15 bits per heavy atom. The minimum atomic E-state index is -0.226. The second-order valence-electron chi connectivity index (χ2n) is 6.66. The first-order valence-corrected chi connectivity index (χ1v) is 9.75. The Balaban J connectivity index is 1.62. The van der Waals surface area contributed by atoms with Gasteiger partial charge in [-0.2, -0.15) is 0 Å². The molecule has 26 heavy (non-hydrogen) atoms. The molecule has 0 saturated heterocycles. The van der Waals surface area contributed by atoms with Crippen LogP contribution in [0.2, 0.25) is 0 Å². The van der Waals surface area contributed by atoms with Crippen LogP contribution < -0.4 is 10.6 Å². The Morgan fingerprint density at radius 1 is 1.35 bits per heavy atom. The van der Waals surface area contributed by atoms with E-state index >= 15 is 0 Å². The Labute approximate surface area is 157 Å². The van der Waals surface area contributed by atoms with Crippen LogP contribution in [0.3, 0.4) is 0 Å². The van der Waals surface area contributed by atoms with Crippen molar-refractivity contribution in [3.63, 3.8) is 0 Å². The number of urea groups is 1. The second kappa shape index (κ2) is 7.86. The van der Waals surface area contributed by atoms with Crippen LogP contribution in [0.25, 0.3) is 11.0 Å². The van der Waals surface area contributed by atoms with Gasteiger partial charge >= 0.3 is 6.03 Å². The zero-order valence-corrected chi connectivity index (χ0v) is 16.5. The van der Waals surface area contributed by atoms with Crippen LogP contribution >= 0.6 is 11.3 Å². The molecule has 0 aliphatic rings. The number of hydrogen-bond donors (Lipinski definition) is 2. The van der Waals surface area contributed by atoms with Gasteiger partial charge in [0, 0.05) is 23.0 Å². The van der Waals surface area contributed by atoms with Gasteiger partial charge in [-0.1, -0.05) is 20.8 Å². The van der Waals surface area contributed by atoms with Crippen molar-refractivity contribution in [1.82, 2.24) is 19.9 Å². The SMILES string of the molecule is CCCn1cnc2cc(NC(=O)NCc3sc(C(C)C)nc3C)ccc21. The summed E-state index contributed by atoms with van der Waals surface area (Å²) in [4.78, 5) is 22.3. The Kier molecular flexibility index (Phi) is 5.56. The largest absolute Gasteiger partial charge is 0.333 e. The number of rotatable bonds is 6. The normalized spacial score (nSPS) is 11.3. The van der Waals surface area contributed by atoms with Crippen LogP contribution in [0.15, 0.2) is 24.5 Å². The first-order valence-electron chi connectivity index (χ1n) is 8.94. The Hall–Kier alpha value is -2.41. The highest BCUT2D eigenvalue weighted by molar-refractivity contribution is 7.11. The first kappa shape index (κ1) is 18.4. The highest BCUT2D eigenvalue weighted by Crippen LogP contribution is 2.24. The molecule has 0 atom stereocenters. The fraction of sp³-hybridized carbons (Fsp3) is 0.421. The molecule has 0 spiro atoms. The van der Waals surface area contributed by atoms with Gasteiger partial charge in [0.15, 0.2) is 0 Å². The van der Waals surface area contributed by atoms with Crippen molar-refractivity contribution in [2.45, 2.75) is 53.1 Å². The van der Waals surface area contributed by atoms with Gasteiger partial charge in [-0.3, -0.25) is 0 Å². The van der Waals surface area contributed by atoms with Gasteiger partial charge in [-0.15, -0.1) is 11.3 Å². The van der Waals surface area contributed by atoms with E-state index in [0.717, 1.165) is 45.3 Å². The Morgan fingerprint density at radius 3 is 2.85 bits per heavy atom. The number of anilines is 1. The van der Waals surface area contributed by atoms with E-state index in [1.165, 1.54) is 0 Å². The quantitative estimate of drug-likeness (QED) is 0.662. The summed E-state index contributed by atoms with van der Waals surface area (Å²) in [5.41, 5.74) is 3.69. The van der Waals surface area contributed by atoms with Gasteiger partial charge in [0.05, 0.1) is 34.6 Å². The van der Waals surface area contributed by atoms with E-state index in [-0.39, 0.29) is 6.03 Å². The van der Waals surface area contributed by atoms with E-state index in [0.29, 0.717) is 12.5 Å². The molecule has 0 bridgehead atoms. The summed E-state index contributed by atoms with van der Waals surface area (Å²) in [6, 6.07) is 5.58. The molecule has 3 aromatic rings. The topological polar surface area (TPSA) is 71.8 Å². The molecule has 0 aliphatic heterocycles. The number of benzene rings is 1. The fourth-order valence-electron chi connectivity index (χ4n) is 2.76. The molecule has 0 unspecified atom stereocenters. The van der Waals surface area contributed by atoms with Crippen LogP contribution in [-0.2, 0) is 13.1 Å². The molecule has 2 heterocycles. The van der Waals surface area contributed by atoms with E-state index in [1.807, 2.05) is 31.5 Å². The van der Waals surface area contributed by atoms with Gasteiger partial charge in [0.1, 0.15) is 0 Å². The third kappa shape index (κ3) is 4.04. The van der Waals surface area contributed by atoms with Crippen molar-refractivity contribution < 1.29 is 4.79 Å². The lowest BCUT2D eigenvalue weighted by atomic mass is 10.2. The van der Waals surface area contributed by atoms with Gasteiger partial charge < -0.3 is 15.2 Å². The van der Waals surface area contributed by atoms with Crippen LogP contribution in [-0.4, -0.2) is 20.6 Å². The predicted molar refractivity (Wildman–Crippen MR) is 107 cm³/mol. The number of nitrogens with zero attached hydrogens (tertiary/aromatic N) is 3. The molecular weight excluding hydrogens is 346 g/mol. The van der Waals surface area contributed by atoms with Crippen LogP contribution in [0, 0.1) is 6.92 Å². The highest BCUT2D eigenvalue weighted by Gasteiger charge is 2.12. The van der Waals surface area contributed by atoms with Crippen molar-refractivity contribution in [2.24, 2.45) is 0 Å². The number of aryl methyl sites for hydroxylation is 2. The van der Waals surface area contributed by atoms with E-state index < -0.39 is 0 Å². The number of amides is 2. The lowest BCUT2D eigenvalue weighted by molar-refractivity contribution is 0.252. The summed E-state index contributed by atoms with van der Waals surface area (Å²) < 4.78 is 2.12. The molecular formula is C19H25N5OS. The zero-order chi connectivity index (χ0) is 18.7. The van der Waals surface area contributed by atoms with E-state index in [9.17, 15) is 4.79 Å². The van der Waals surface area contributed by atoms with Crippen LogP contribution in [0.4, 0.5) is 10.5 Å². The summed E-state index contributed by atoms with van der Waals surface area (Å²) in [6.07, 6.45) is 2.90. The van der Waals surface area contributed by atoms with Crippen molar-refractivity contribution in [3.8, 4) is 0 Å². The molecule has 2 N–H and O–H groups in total. The van der Waals surface area contributed by atoms with E-state index in [1.54, 1.807) is 11.3 Å². The smallest absolute Gasteiger partial charge is 0.319 e. The standard InChI is InChI=1S/C19H25N5OS/c1-5-8-24-11-21-15-9-14(6-7-16(15)24)23-19(25)20-10-17-13(4)22-18(26-17)12(2)3/h6-7,9,11-12H,5,8,10H2,1-4H3,(H2,20,23,25). The van der Waals surface area contributed by atoms with E-state index in [2.05, 4.69) is 45.9 Å². The molecule has 0 radical (unpaired) electrons. The molecule has 2 amide bonds. The maximum atomic E-state index is 12.2. The lowest BCUT2D eigenvalue weighted by Gasteiger charge is -2.08. The highest BCUT2D eigenvalue weighted by atomic mass is 32.1.